The lowest BCUT2D eigenvalue weighted by molar-refractivity contribution is -0.125. The summed E-state index contributed by atoms with van der Waals surface area (Å²) in [5, 5.41) is 11.8. The van der Waals surface area contributed by atoms with Crippen LogP contribution in [0.3, 0.4) is 0 Å². The van der Waals surface area contributed by atoms with Crippen LogP contribution in [0, 0.1) is 5.92 Å². The molecule has 1 N–H and O–H groups in total. The summed E-state index contributed by atoms with van der Waals surface area (Å²) in [5.74, 6) is 0.959. The Labute approximate surface area is 167 Å². The molecule has 0 aliphatic carbocycles. The highest BCUT2D eigenvalue weighted by atomic mass is 16.5. The van der Waals surface area contributed by atoms with Gasteiger partial charge in [0, 0.05) is 31.8 Å². The molecule has 0 spiro atoms. The largest absolute Gasteiger partial charge is 0.379 e. The molecule has 1 unspecified atom stereocenters. The average Bonchev–Trinajstić information content (AvgIpc) is 2.74. The molecule has 150 valence electrons. The first kappa shape index (κ1) is 20.3. The summed E-state index contributed by atoms with van der Waals surface area (Å²) < 4.78 is 5.51. The lowest BCUT2D eigenvalue weighted by Gasteiger charge is -2.32. The van der Waals surface area contributed by atoms with Gasteiger partial charge in [0.1, 0.15) is 0 Å². The third-order valence-corrected chi connectivity index (χ3v) is 4.91. The van der Waals surface area contributed by atoms with E-state index < -0.39 is 0 Å². The van der Waals surface area contributed by atoms with Gasteiger partial charge in [0.15, 0.2) is 5.82 Å². The lowest BCUT2D eigenvalue weighted by Crippen LogP contribution is -2.43. The summed E-state index contributed by atoms with van der Waals surface area (Å²) in [4.78, 5) is 14.7. The van der Waals surface area contributed by atoms with E-state index in [-0.39, 0.29) is 17.9 Å². The highest BCUT2D eigenvalue weighted by molar-refractivity contribution is 5.79. The highest BCUT2D eigenvalue weighted by Crippen LogP contribution is 2.23. The van der Waals surface area contributed by atoms with Gasteiger partial charge < -0.3 is 15.0 Å². The molecule has 1 fully saturated rings. The Bertz CT molecular complexity index is 734. The maximum Gasteiger partial charge on any atom is 0.224 e. The van der Waals surface area contributed by atoms with Gasteiger partial charge in [0.2, 0.25) is 5.91 Å². The second kappa shape index (κ2) is 10.2. The van der Waals surface area contributed by atoms with Crippen LogP contribution in [0.1, 0.15) is 33.1 Å². The van der Waals surface area contributed by atoms with Crippen LogP contribution in [-0.2, 0) is 9.53 Å². The van der Waals surface area contributed by atoms with Gasteiger partial charge in [0.25, 0.3) is 0 Å². The van der Waals surface area contributed by atoms with Crippen molar-refractivity contribution in [2.24, 2.45) is 5.92 Å². The Kier molecular flexibility index (Phi) is 7.37. The van der Waals surface area contributed by atoms with Crippen molar-refractivity contribution in [1.29, 1.82) is 0 Å². The zero-order chi connectivity index (χ0) is 19.8. The van der Waals surface area contributed by atoms with Crippen molar-refractivity contribution in [3.8, 4) is 11.3 Å². The second-order valence-corrected chi connectivity index (χ2v) is 7.49. The van der Waals surface area contributed by atoms with Crippen molar-refractivity contribution in [2.45, 2.75) is 39.2 Å². The van der Waals surface area contributed by atoms with Crippen LogP contribution in [0.2, 0.25) is 0 Å². The fraction of sp³-hybridized carbons (Fsp3) is 0.500. The van der Waals surface area contributed by atoms with Gasteiger partial charge in [-0.05, 0) is 45.2 Å². The number of nitrogens with zero attached hydrogens (tertiary/aromatic N) is 3. The smallest absolute Gasteiger partial charge is 0.224 e. The third-order valence-electron chi connectivity index (χ3n) is 4.91. The van der Waals surface area contributed by atoms with Crippen molar-refractivity contribution in [3.63, 3.8) is 0 Å². The predicted molar refractivity (Wildman–Crippen MR) is 111 cm³/mol. The number of hydrogen-bond acceptors (Lipinski definition) is 5. The normalized spacial score (nSPS) is 17.0. The number of hydrogen-bond donors (Lipinski definition) is 1. The van der Waals surface area contributed by atoms with Gasteiger partial charge in [-0.25, -0.2) is 0 Å². The minimum atomic E-state index is -0.00429. The Morgan fingerprint density at radius 1 is 1.21 bits per heavy atom. The summed E-state index contributed by atoms with van der Waals surface area (Å²) in [6, 6.07) is 14.0. The molecule has 1 amide bonds. The molecule has 6 heteroatoms. The molecule has 0 radical (unpaired) electrons. The Morgan fingerprint density at radius 3 is 2.75 bits per heavy atom. The summed E-state index contributed by atoms with van der Waals surface area (Å²) in [5.41, 5.74) is 1.91. The molecule has 0 saturated carbocycles. The van der Waals surface area contributed by atoms with Crippen LogP contribution < -0.4 is 10.2 Å². The van der Waals surface area contributed by atoms with Crippen molar-refractivity contribution < 1.29 is 9.53 Å². The van der Waals surface area contributed by atoms with Gasteiger partial charge in [-0.1, -0.05) is 30.3 Å². The number of carbonyl (C=O) groups excluding carboxylic acids is 1. The first-order valence-electron chi connectivity index (χ1n) is 10.2. The zero-order valence-corrected chi connectivity index (χ0v) is 16.8. The fourth-order valence-electron chi connectivity index (χ4n) is 3.40. The quantitative estimate of drug-likeness (QED) is 0.710. The molecule has 3 rings (SSSR count). The van der Waals surface area contributed by atoms with Gasteiger partial charge in [-0.15, -0.1) is 10.2 Å². The highest BCUT2D eigenvalue weighted by Gasteiger charge is 2.26. The number of aromatic nitrogens is 2. The average molecular weight is 383 g/mol. The minimum Gasteiger partial charge on any atom is -0.379 e. The van der Waals surface area contributed by atoms with Crippen LogP contribution >= 0.6 is 0 Å². The van der Waals surface area contributed by atoms with Crippen LogP contribution in [-0.4, -0.2) is 48.4 Å². The maximum absolute atomic E-state index is 12.5. The first-order valence-corrected chi connectivity index (χ1v) is 10.2. The number of benzene rings is 1. The molecule has 1 aliphatic rings. The number of ether oxygens (including phenoxy) is 1. The Hall–Kier alpha value is -2.47. The zero-order valence-electron chi connectivity index (χ0n) is 16.8. The van der Waals surface area contributed by atoms with E-state index in [1.54, 1.807) is 0 Å². The standard InChI is InChI=1S/C22H30N4O2/c1-17(2)28-15-7-13-23-22(27)19-10-6-14-26(16-19)21-12-11-20(24-25-21)18-8-4-3-5-9-18/h3-5,8-9,11-12,17,19H,6-7,10,13-16H2,1-2H3,(H,23,27). The van der Waals surface area contributed by atoms with E-state index in [1.807, 2.05) is 56.3 Å². The van der Waals surface area contributed by atoms with Crippen molar-refractivity contribution in [1.82, 2.24) is 15.5 Å². The molecule has 1 aromatic heterocycles. The van der Waals surface area contributed by atoms with Crippen molar-refractivity contribution in [3.05, 3.63) is 42.5 Å². The summed E-state index contributed by atoms with van der Waals surface area (Å²) in [7, 11) is 0. The van der Waals surface area contributed by atoms with Gasteiger partial charge >= 0.3 is 0 Å². The van der Waals surface area contributed by atoms with Crippen molar-refractivity contribution in [2.75, 3.05) is 31.1 Å². The SMILES string of the molecule is CC(C)OCCCNC(=O)C1CCCN(c2ccc(-c3ccccc3)nn2)C1. The molecule has 6 nitrogen and oxygen atoms in total. The van der Waals surface area contributed by atoms with E-state index in [0.29, 0.717) is 19.7 Å². The van der Waals surface area contributed by atoms with Crippen molar-refractivity contribution >= 4 is 11.7 Å². The lowest BCUT2D eigenvalue weighted by atomic mass is 9.97. The molecule has 28 heavy (non-hydrogen) atoms. The molecular weight excluding hydrogens is 352 g/mol. The van der Waals surface area contributed by atoms with Crippen LogP contribution in [0.4, 0.5) is 5.82 Å². The molecule has 0 bridgehead atoms. The number of amides is 1. The molecule has 1 saturated heterocycles. The van der Waals surface area contributed by atoms with E-state index in [1.165, 1.54) is 0 Å². The van der Waals surface area contributed by atoms with Crippen LogP contribution in [0.5, 0.6) is 0 Å². The third kappa shape index (κ3) is 5.76. The van der Waals surface area contributed by atoms with Crippen LogP contribution in [0.25, 0.3) is 11.3 Å². The first-order chi connectivity index (χ1) is 13.6. The summed E-state index contributed by atoms with van der Waals surface area (Å²) in [6.07, 6.45) is 2.97. The Balaban J connectivity index is 1.51. The molecular formula is C22H30N4O2. The number of anilines is 1. The summed E-state index contributed by atoms with van der Waals surface area (Å²) >= 11 is 0. The number of carbonyl (C=O) groups is 1. The monoisotopic (exact) mass is 382 g/mol. The van der Waals surface area contributed by atoms with Gasteiger partial charge in [-0.2, -0.15) is 0 Å². The number of nitrogens with one attached hydrogen (secondary N) is 1. The van der Waals surface area contributed by atoms with Gasteiger partial charge in [0.05, 0.1) is 17.7 Å². The molecule has 1 atom stereocenters. The molecule has 2 heterocycles. The fourth-order valence-corrected chi connectivity index (χ4v) is 3.40. The number of piperidine rings is 1. The van der Waals surface area contributed by atoms with E-state index in [2.05, 4.69) is 20.4 Å². The van der Waals surface area contributed by atoms with Gasteiger partial charge in [-0.3, -0.25) is 4.79 Å². The Morgan fingerprint density at radius 2 is 2.04 bits per heavy atom. The van der Waals surface area contributed by atoms with E-state index in [0.717, 1.165) is 42.9 Å². The molecule has 1 aliphatic heterocycles. The van der Waals surface area contributed by atoms with Crippen LogP contribution in [0.15, 0.2) is 42.5 Å². The second-order valence-electron chi connectivity index (χ2n) is 7.49. The summed E-state index contributed by atoms with van der Waals surface area (Å²) in [6.45, 7) is 6.97. The topological polar surface area (TPSA) is 67.3 Å². The molecule has 1 aromatic carbocycles. The molecule has 2 aromatic rings. The van der Waals surface area contributed by atoms with E-state index in [4.69, 9.17) is 4.74 Å². The number of rotatable bonds is 8. The minimum absolute atomic E-state index is 0.00429. The predicted octanol–water partition coefficient (Wildman–Crippen LogP) is 3.29. The maximum atomic E-state index is 12.5. The van der Waals surface area contributed by atoms with E-state index in [9.17, 15) is 4.79 Å². The van der Waals surface area contributed by atoms with E-state index >= 15 is 0 Å².